The molecule has 0 aliphatic carbocycles. The van der Waals surface area contributed by atoms with E-state index in [4.69, 9.17) is 4.42 Å². The molecule has 0 radical (unpaired) electrons. The zero-order valence-corrected chi connectivity index (χ0v) is 14.7. The lowest BCUT2D eigenvalue weighted by Gasteiger charge is -2.27. The second-order valence-corrected chi connectivity index (χ2v) is 6.91. The number of hydrogen-bond acceptors (Lipinski definition) is 4. The first kappa shape index (κ1) is 16.7. The highest BCUT2D eigenvalue weighted by atomic mass is 16.4. The van der Waals surface area contributed by atoms with E-state index in [2.05, 4.69) is 24.0 Å². The Bertz CT molecular complexity index is 691. The van der Waals surface area contributed by atoms with Crippen LogP contribution in [0.2, 0.25) is 0 Å². The molecule has 1 unspecified atom stereocenters. The molecule has 1 aliphatic heterocycles. The van der Waals surface area contributed by atoms with Crippen LogP contribution in [0.4, 0.5) is 0 Å². The number of carbonyl (C=O) groups excluding carboxylic acids is 1. The van der Waals surface area contributed by atoms with Gasteiger partial charge in [-0.1, -0.05) is 31.5 Å². The van der Waals surface area contributed by atoms with E-state index >= 15 is 0 Å². The monoisotopic (exact) mass is 327 g/mol. The number of hydrogen-bond donors (Lipinski definition) is 0. The standard InChI is InChI=1S/C19H25N3O2/c1-13(2)16-5-4-12-22(16)18(23)11-10-17-20-21-19(24-17)15-8-6-14(3)7-9-15/h6-9,13,16H,4-5,10-12H2,1-3H3. The normalized spacial score (nSPS) is 17.7. The smallest absolute Gasteiger partial charge is 0.247 e. The van der Waals surface area contributed by atoms with Gasteiger partial charge in [0.05, 0.1) is 0 Å². The summed E-state index contributed by atoms with van der Waals surface area (Å²) in [5.41, 5.74) is 2.10. The van der Waals surface area contributed by atoms with E-state index in [0.717, 1.165) is 24.9 Å². The minimum Gasteiger partial charge on any atom is -0.421 e. The highest BCUT2D eigenvalue weighted by molar-refractivity contribution is 5.77. The average Bonchev–Trinajstić information content (AvgIpc) is 3.22. The Labute approximate surface area is 143 Å². The third-order valence-electron chi connectivity index (χ3n) is 4.71. The van der Waals surface area contributed by atoms with Gasteiger partial charge >= 0.3 is 0 Å². The molecular formula is C19H25N3O2. The Morgan fingerprint density at radius 1 is 1.29 bits per heavy atom. The van der Waals surface area contributed by atoms with E-state index in [1.807, 2.05) is 36.1 Å². The lowest BCUT2D eigenvalue weighted by Crippen LogP contribution is -2.38. The number of nitrogens with zero attached hydrogens (tertiary/aromatic N) is 3. The van der Waals surface area contributed by atoms with Crippen molar-refractivity contribution in [2.24, 2.45) is 5.92 Å². The van der Waals surface area contributed by atoms with Crippen LogP contribution in [0, 0.1) is 12.8 Å². The molecule has 24 heavy (non-hydrogen) atoms. The van der Waals surface area contributed by atoms with E-state index in [9.17, 15) is 4.79 Å². The van der Waals surface area contributed by atoms with Crippen LogP contribution >= 0.6 is 0 Å². The van der Waals surface area contributed by atoms with Crippen molar-refractivity contribution in [2.75, 3.05) is 6.54 Å². The molecule has 5 nitrogen and oxygen atoms in total. The Balaban J connectivity index is 1.59. The zero-order chi connectivity index (χ0) is 17.1. The predicted octanol–water partition coefficient (Wildman–Crippen LogP) is 3.62. The molecule has 2 aromatic rings. The minimum atomic E-state index is 0.196. The van der Waals surface area contributed by atoms with Crippen LogP contribution in [-0.2, 0) is 11.2 Å². The molecule has 3 rings (SSSR count). The van der Waals surface area contributed by atoms with Gasteiger partial charge in [-0.2, -0.15) is 0 Å². The predicted molar refractivity (Wildman–Crippen MR) is 92.4 cm³/mol. The first-order valence-corrected chi connectivity index (χ1v) is 8.73. The zero-order valence-electron chi connectivity index (χ0n) is 14.7. The van der Waals surface area contributed by atoms with Gasteiger partial charge in [-0.05, 0) is 37.8 Å². The van der Waals surface area contributed by atoms with Crippen molar-refractivity contribution in [3.63, 3.8) is 0 Å². The lowest BCUT2D eigenvalue weighted by molar-refractivity contribution is -0.132. The molecule has 0 bridgehead atoms. The fourth-order valence-electron chi connectivity index (χ4n) is 3.32. The van der Waals surface area contributed by atoms with Crippen molar-refractivity contribution >= 4 is 5.91 Å². The van der Waals surface area contributed by atoms with Gasteiger partial charge in [0.25, 0.3) is 0 Å². The highest BCUT2D eigenvalue weighted by Gasteiger charge is 2.30. The molecule has 128 valence electrons. The van der Waals surface area contributed by atoms with Gasteiger partial charge in [-0.3, -0.25) is 4.79 Å². The third kappa shape index (κ3) is 3.66. The number of aryl methyl sites for hydroxylation is 2. The van der Waals surface area contributed by atoms with Crippen molar-refractivity contribution in [1.82, 2.24) is 15.1 Å². The Kier molecular flexibility index (Phi) is 4.97. The molecule has 1 aromatic carbocycles. The first-order valence-electron chi connectivity index (χ1n) is 8.73. The number of aromatic nitrogens is 2. The molecule has 1 atom stereocenters. The summed E-state index contributed by atoms with van der Waals surface area (Å²) in [6.45, 7) is 7.28. The molecule has 2 heterocycles. The van der Waals surface area contributed by atoms with Crippen LogP contribution in [0.3, 0.4) is 0 Å². The summed E-state index contributed by atoms with van der Waals surface area (Å²) in [7, 11) is 0. The van der Waals surface area contributed by atoms with Gasteiger partial charge in [-0.15, -0.1) is 10.2 Å². The molecule has 0 saturated carbocycles. The van der Waals surface area contributed by atoms with Gasteiger partial charge in [0.15, 0.2) is 0 Å². The maximum Gasteiger partial charge on any atom is 0.247 e. The average molecular weight is 327 g/mol. The highest BCUT2D eigenvalue weighted by Crippen LogP contribution is 2.25. The number of benzene rings is 1. The summed E-state index contributed by atoms with van der Waals surface area (Å²) in [5, 5.41) is 8.17. The fraction of sp³-hybridized carbons (Fsp3) is 0.526. The summed E-state index contributed by atoms with van der Waals surface area (Å²) in [6, 6.07) is 8.35. The number of amides is 1. The Morgan fingerprint density at radius 2 is 2.04 bits per heavy atom. The van der Waals surface area contributed by atoms with Crippen molar-refractivity contribution < 1.29 is 9.21 Å². The largest absolute Gasteiger partial charge is 0.421 e. The minimum absolute atomic E-state index is 0.196. The molecule has 1 fully saturated rings. The van der Waals surface area contributed by atoms with E-state index in [-0.39, 0.29) is 5.91 Å². The van der Waals surface area contributed by atoms with Gasteiger partial charge < -0.3 is 9.32 Å². The van der Waals surface area contributed by atoms with Crippen LogP contribution < -0.4 is 0 Å². The van der Waals surface area contributed by atoms with Gasteiger partial charge in [0.1, 0.15) is 0 Å². The van der Waals surface area contributed by atoms with Crippen LogP contribution in [0.25, 0.3) is 11.5 Å². The summed E-state index contributed by atoms with van der Waals surface area (Å²) >= 11 is 0. The second-order valence-electron chi connectivity index (χ2n) is 6.91. The van der Waals surface area contributed by atoms with Gasteiger partial charge in [-0.25, -0.2) is 0 Å². The van der Waals surface area contributed by atoms with Crippen LogP contribution in [0.1, 0.15) is 44.6 Å². The van der Waals surface area contributed by atoms with Gasteiger partial charge in [0, 0.05) is 31.0 Å². The molecule has 0 spiro atoms. The Hall–Kier alpha value is -2.17. The van der Waals surface area contributed by atoms with Crippen molar-refractivity contribution in [1.29, 1.82) is 0 Å². The SMILES string of the molecule is Cc1ccc(-c2nnc(CCC(=O)N3CCCC3C(C)C)o2)cc1. The summed E-state index contributed by atoms with van der Waals surface area (Å²) in [6.07, 6.45) is 3.14. The van der Waals surface area contributed by atoms with Crippen molar-refractivity contribution in [3.05, 3.63) is 35.7 Å². The first-order chi connectivity index (χ1) is 11.5. The lowest BCUT2D eigenvalue weighted by atomic mass is 10.0. The Morgan fingerprint density at radius 3 is 2.75 bits per heavy atom. The third-order valence-corrected chi connectivity index (χ3v) is 4.71. The van der Waals surface area contributed by atoms with Crippen molar-refractivity contribution in [3.8, 4) is 11.5 Å². The van der Waals surface area contributed by atoms with E-state index in [0.29, 0.717) is 36.6 Å². The molecular weight excluding hydrogens is 302 g/mol. The second kappa shape index (κ2) is 7.16. The van der Waals surface area contributed by atoms with E-state index < -0.39 is 0 Å². The van der Waals surface area contributed by atoms with Crippen LogP contribution in [-0.4, -0.2) is 33.6 Å². The number of rotatable bonds is 5. The summed E-state index contributed by atoms with van der Waals surface area (Å²) in [4.78, 5) is 14.5. The molecule has 1 aliphatic rings. The molecule has 1 amide bonds. The quantitative estimate of drug-likeness (QED) is 0.841. The molecule has 1 saturated heterocycles. The van der Waals surface area contributed by atoms with E-state index in [1.54, 1.807) is 0 Å². The molecule has 1 aromatic heterocycles. The summed E-state index contributed by atoms with van der Waals surface area (Å²) < 4.78 is 5.70. The topological polar surface area (TPSA) is 59.2 Å². The van der Waals surface area contributed by atoms with E-state index in [1.165, 1.54) is 5.56 Å². The maximum absolute atomic E-state index is 12.5. The number of carbonyl (C=O) groups is 1. The number of likely N-dealkylation sites (tertiary alicyclic amines) is 1. The van der Waals surface area contributed by atoms with Gasteiger partial charge in [0.2, 0.25) is 17.7 Å². The fourth-order valence-corrected chi connectivity index (χ4v) is 3.32. The summed E-state index contributed by atoms with van der Waals surface area (Å²) in [5.74, 6) is 1.74. The molecule has 0 N–H and O–H groups in total. The van der Waals surface area contributed by atoms with Crippen LogP contribution in [0.15, 0.2) is 28.7 Å². The van der Waals surface area contributed by atoms with Crippen molar-refractivity contribution in [2.45, 2.75) is 52.5 Å². The van der Waals surface area contributed by atoms with Crippen LogP contribution in [0.5, 0.6) is 0 Å². The maximum atomic E-state index is 12.5. The molecule has 5 heteroatoms.